The fourth-order valence-electron chi connectivity index (χ4n) is 3.75. The molecule has 0 bridgehead atoms. The third-order valence-electron chi connectivity index (χ3n) is 5.13. The number of nitrogens with zero attached hydrogens (tertiary/aromatic N) is 2. The molecule has 0 saturated heterocycles. The largest absolute Gasteiger partial charge is 0.294 e. The predicted octanol–water partition coefficient (Wildman–Crippen LogP) is 3.71. The zero-order valence-corrected chi connectivity index (χ0v) is 17.0. The van der Waals surface area contributed by atoms with E-state index in [1.165, 1.54) is 29.5 Å². The van der Waals surface area contributed by atoms with E-state index >= 15 is 0 Å². The van der Waals surface area contributed by atoms with Crippen LogP contribution in [0.25, 0.3) is 21.3 Å². The van der Waals surface area contributed by atoms with E-state index in [4.69, 9.17) is 10.8 Å². The Balaban J connectivity index is 1.86. The minimum Gasteiger partial charge on any atom is -0.294 e. The van der Waals surface area contributed by atoms with Crippen LogP contribution in [0.2, 0.25) is 0 Å². The van der Waals surface area contributed by atoms with Gasteiger partial charge in [-0.05, 0) is 18.4 Å². The number of carbonyl (C=O) groups is 1. The molecule has 1 amide bonds. The fraction of sp³-hybridized carbons (Fsp3) is 0.350. The number of rotatable bonds is 5. The van der Waals surface area contributed by atoms with E-state index in [1.54, 1.807) is 0 Å². The molecular formula is C20H22N4O2S2. The molecule has 0 atom stereocenters. The first kappa shape index (κ1) is 19.2. The molecule has 4 rings (SSSR count). The lowest BCUT2D eigenvalue weighted by molar-refractivity contribution is -0.118. The number of hydrogen-bond donors (Lipinski definition) is 2. The first-order chi connectivity index (χ1) is 13.7. The van der Waals surface area contributed by atoms with Gasteiger partial charge in [-0.3, -0.25) is 19.6 Å². The number of aromatic nitrogens is 2. The van der Waals surface area contributed by atoms with Gasteiger partial charge in [-0.25, -0.2) is 10.8 Å². The Hall–Kier alpha value is -2.16. The van der Waals surface area contributed by atoms with Gasteiger partial charge in [0.25, 0.3) is 5.56 Å². The van der Waals surface area contributed by atoms with Crippen LogP contribution >= 0.6 is 23.1 Å². The lowest BCUT2D eigenvalue weighted by Crippen LogP contribution is -2.32. The Labute approximate surface area is 171 Å². The fourth-order valence-corrected chi connectivity index (χ4v) is 5.62. The SMILES string of the molecule is NNC(=O)CSc1nc2scc(-c3ccccc3)c2c(=O)n1C1CCCCC1. The lowest BCUT2D eigenvalue weighted by Gasteiger charge is -2.26. The highest BCUT2D eigenvalue weighted by Gasteiger charge is 2.24. The normalized spacial score (nSPS) is 15.0. The monoisotopic (exact) mass is 414 g/mol. The van der Waals surface area contributed by atoms with E-state index in [0.29, 0.717) is 15.4 Å². The van der Waals surface area contributed by atoms with E-state index in [2.05, 4.69) is 5.43 Å². The summed E-state index contributed by atoms with van der Waals surface area (Å²) in [6.45, 7) is 0. The standard InChI is InChI=1S/C20H22N4O2S2/c21-23-16(25)12-28-20-22-18-17(15(11-27-18)13-7-3-1-4-8-13)19(26)24(20)14-9-5-2-6-10-14/h1,3-4,7-8,11,14H,2,5-6,9-10,12,21H2,(H,23,25). The van der Waals surface area contributed by atoms with Gasteiger partial charge in [-0.15, -0.1) is 11.3 Å². The van der Waals surface area contributed by atoms with Gasteiger partial charge in [0.05, 0.1) is 11.1 Å². The van der Waals surface area contributed by atoms with E-state index in [1.807, 2.05) is 40.3 Å². The van der Waals surface area contributed by atoms with E-state index < -0.39 is 0 Å². The van der Waals surface area contributed by atoms with Crippen molar-refractivity contribution in [3.63, 3.8) is 0 Å². The molecule has 2 heterocycles. The molecule has 0 unspecified atom stereocenters. The molecule has 6 nitrogen and oxygen atoms in total. The second-order valence-corrected chi connectivity index (χ2v) is 8.71. The maximum Gasteiger partial charge on any atom is 0.263 e. The van der Waals surface area contributed by atoms with Crippen LogP contribution in [-0.4, -0.2) is 21.2 Å². The molecule has 1 saturated carbocycles. The Morgan fingerprint density at radius 1 is 1.25 bits per heavy atom. The van der Waals surface area contributed by atoms with Crippen molar-refractivity contribution in [2.45, 2.75) is 43.3 Å². The Kier molecular flexibility index (Phi) is 5.79. The number of nitrogens with two attached hydrogens (primary N) is 1. The van der Waals surface area contributed by atoms with Crippen molar-refractivity contribution in [3.8, 4) is 11.1 Å². The number of hydrazine groups is 1. The summed E-state index contributed by atoms with van der Waals surface area (Å²) in [5.41, 5.74) is 4.08. The molecule has 1 aliphatic carbocycles. The highest BCUT2D eigenvalue weighted by Crippen LogP contribution is 2.35. The minimum atomic E-state index is -0.286. The van der Waals surface area contributed by atoms with Crippen molar-refractivity contribution in [1.82, 2.24) is 15.0 Å². The number of thiophene rings is 1. The van der Waals surface area contributed by atoms with Gasteiger partial charge in [0.15, 0.2) is 5.16 Å². The van der Waals surface area contributed by atoms with Crippen LogP contribution < -0.4 is 16.8 Å². The highest BCUT2D eigenvalue weighted by atomic mass is 32.2. The van der Waals surface area contributed by atoms with Crippen molar-refractivity contribution in [2.75, 3.05) is 5.75 Å². The van der Waals surface area contributed by atoms with Crippen LogP contribution in [-0.2, 0) is 4.79 Å². The number of carbonyl (C=O) groups excluding carboxylic acids is 1. The average molecular weight is 415 g/mol. The Morgan fingerprint density at radius 3 is 2.71 bits per heavy atom. The van der Waals surface area contributed by atoms with Gasteiger partial charge in [-0.2, -0.15) is 0 Å². The number of amides is 1. The summed E-state index contributed by atoms with van der Waals surface area (Å²) in [7, 11) is 0. The Morgan fingerprint density at radius 2 is 2.00 bits per heavy atom. The molecule has 3 aromatic rings. The topological polar surface area (TPSA) is 90.0 Å². The number of hydrogen-bond acceptors (Lipinski definition) is 6. The van der Waals surface area contributed by atoms with Gasteiger partial charge in [0.2, 0.25) is 5.91 Å². The molecule has 2 aromatic heterocycles. The Bertz CT molecular complexity index is 1040. The second kappa shape index (κ2) is 8.46. The summed E-state index contributed by atoms with van der Waals surface area (Å²) in [4.78, 5) is 30.8. The molecule has 0 spiro atoms. The van der Waals surface area contributed by atoms with Gasteiger partial charge in [0.1, 0.15) is 4.83 Å². The van der Waals surface area contributed by atoms with Gasteiger partial charge < -0.3 is 0 Å². The minimum absolute atomic E-state index is 0.00680. The second-order valence-electron chi connectivity index (χ2n) is 6.91. The number of thioether (sulfide) groups is 1. The highest BCUT2D eigenvalue weighted by molar-refractivity contribution is 7.99. The lowest BCUT2D eigenvalue weighted by atomic mass is 9.95. The van der Waals surface area contributed by atoms with Crippen molar-refractivity contribution in [2.24, 2.45) is 5.84 Å². The summed E-state index contributed by atoms with van der Waals surface area (Å²) >= 11 is 2.74. The van der Waals surface area contributed by atoms with Crippen LogP contribution in [0, 0.1) is 0 Å². The van der Waals surface area contributed by atoms with Crippen LogP contribution in [0.4, 0.5) is 0 Å². The van der Waals surface area contributed by atoms with Crippen molar-refractivity contribution in [1.29, 1.82) is 0 Å². The van der Waals surface area contributed by atoms with E-state index in [-0.39, 0.29) is 23.3 Å². The van der Waals surface area contributed by atoms with Crippen molar-refractivity contribution in [3.05, 3.63) is 46.1 Å². The summed E-state index contributed by atoms with van der Waals surface area (Å²) in [5.74, 6) is 5.06. The molecule has 1 aromatic carbocycles. The van der Waals surface area contributed by atoms with Gasteiger partial charge >= 0.3 is 0 Å². The number of nitrogens with one attached hydrogen (secondary N) is 1. The van der Waals surface area contributed by atoms with Crippen LogP contribution in [0.3, 0.4) is 0 Å². The summed E-state index contributed by atoms with van der Waals surface area (Å²) in [6, 6.07) is 10.1. The quantitative estimate of drug-likeness (QED) is 0.218. The molecular weight excluding hydrogens is 392 g/mol. The molecule has 0 aliphatic heterocycles. The van der Waals surface area contributed by atoms with Gasteiger partial charge in [0, 0.05) is 17.0 Å². The first-order valence-electron chi connectivity index (χ1n) is 9.40. The average Bonchev–Trinajstić information content (AvgIpc) is 3.17. The summed E-state index contributed by atoms with van der Waals surface area (Å²) in [5, 5.41) is 3.28. The maximum atomic E-state index is 13.6. The molecule has 146 valence electrons. The smallest absolute Gasteiger partial charge is 0.263 e. The van der Waals surface area contributed by atoms with Crippen LogP contribution in [0.1, 0.15) is 38.1 Å². The molecule has 0 radical (unpaired) electrons. The molecule has 1 fully saturated rings. The zero-order valence-electron chi connectivity index (χ0n) is 15.4. The van der Waals surface area contributed by atoms with Crippen molar-refractivity contribution >= 4 is 39.2 Å². The number of benzene rings is 1. The summed E-state index contributed by atoms with van der Waals surface area (Å²) in [6.07, 6.45) is 5.35. The van der Waals surface area contributed by atoms with Crippen LogP contribution in [0.15, 0.2) is 45.7 Å². The van der Waals surface area contributed by atoms with Crippen molar-refractivity contribution < 1.29 is 4.79 Å². The number of fused-ring (bicyclic) bond motifs is 1. The molecule has 1 aliphatic rings. The summed E-state index contributed by atoms with van der Waals surface area (Å²) < 4.78 is 1.83. The van der Waals surface area contributed by atoms with Crippen LogP contribution in [0.5, 0.6) is 0 Å². The third kappa shape index (κ3) is 3.72. The first-order valence-corrected chi connectivity index (χ1v) is 11.3. The molecule has 8 heteroatoms. The molecule has 28 heavy (non-hydrogen) atoms. The predicted molar refractivity (Wildman–Crippen MR) is 114 cm³/mol. The zero-order chi connectivity index (χ0) is 19.5. The van der Waals surface area contributed by atoms with Gasteiger partial charge in [-0.1, -0.05) is 61.4 Å². The van der Waals surface area contributed by atoms with E-state index in [0.717, 1.165) is 36.8 Å². The molecule has 3 N–H and O–H groups in total. The maximum absolute atomic E-state index is 13.6. The third-order valence-corrected chi connectivity index (χ3v) is 6.95. The van der Waals surface area contributed by atoms with E-state index in [9.17, 15) is 9.59 Å².